The minimum atomic E-state index is 0.718. The van der Waals surface area contributed by atoms with Crippen LogP contribution in [0.2, 0.25) is 0 Å². The van der Waals surface area contributed by atoms with Crippen molar-refractivity contribution in [3.63, 3.8) is 0 Å². The van der Waals surface area contributed by atoms with Crippen LogP contribution in [0, 0.1) is 0 Å². The fraction of sp³-hybridized carbons (Fsp3) is 0.350. The van der Waals surface area contributed by atoms with Crippen LogP contribution >= 0.6 is 0 Å². The molecule has 0 aromatic rings. The standard InChI is InChI=1S/C6H10N2.C6H8N2.C4H6N2.C2H4O.C2H4/c2*1-2-7-6-4-3-5-8-6;5-4-2-1-3-6-4;1-2-3;1-2/h3,5H,2,4H2,1H3,(H,7,8);2-3,5H,4H2,1H3;1,3H,2H2,(H2,5,6);2H,1H3;1-2H2. The molecule has 3 N–H and O–H groups in total. The maximum Gasteiger partial charge on any atom is 0.131 e. The first-order valence-corrected chi connectivity index (χ1v) is 8.70. The Morgan fingerprint density at radius 3 is 2.11 bits per heavy atom. The molecule has 148 valence electrons. The van der Waals surface area contributed by atoms with E-state index in [1.807, 2.05) is 32.2 Å². The van der Waals surface area contributed by atoms with Crippen molar-refractivity contribution in [2.45, 2.75) is 40.0 Å². The van der Waals surface area contributed by atoms with Crippen LogP contribution in [0.15, 0.2) is 70.0 Å². The van der Waals surface area contributed by atoms with Crippen LogP contribution in [-0.4, -0.2) is 36.6 Å². The quantitative estimate of drug-likeness (QED) is 0.417. The molecule has 7 nitrogen and oxygen atoms in total. The molecule has 0 fully saturated rings. The predicted octanol–water partition coefficient (Wildman–Crippen LogP) is 3.57. The van der Waals surface area contributed by atoms with Crippen LogP contribution in [0.1, 0.15) is 40.0 Å². The van der Waals surface area contributed by atoms with Crippen molar-refractivity contribution >= 4 is 30.0 Å². The first-order chi connectivity index (χ1) is 13.2. The summed E-state index contributed by atoms with van der Waals surface area (Å²) in [6.07, 6.45) is 16.6. The summed E-state index contributed by atoms with van der Waals surface area (Å²) in [5.41, 5.74) is 5.22. The molecule has 0 aromatic heterocycles. The maximum absolute atomic E-state index is 8.81. The fourth-order valence-corrected chi connectivity index (χ4v) is 1.64. The second-order valence-electron chi connectivity index (χ2n) is 4.64. The van der Waals surface area contributed by atoms with E-state index < -0.39 is 0 Å². The van der Waals surface area contributed by atoms with Gasteiger partial charge in [0.15, 0.2) is 0 Å². The Labute approximate surface area is 163 Å². The minimum Gasteiger partial charge on any atom is -0.387 e. The summed E-state index contributed by atoms with van der Waals surface area (Å²) in [5.74, 6) is 2.72. The highest BCUT2D eigenvalue weighted by Gasteiger charge is 1.96. The van der Waals surface area contributed by atoms with Gasteiger partial charge >= 0.3 is 0 Å². The van der Waals surface area contributed by atoms with E-state index in [1.165, 1.54) is 6.92 Å². The van der Waals surface area contributed by atoms with Crippen LogP contribution in [-0.2, 0) is 4.79 Å². The van der Waals surface area contributed by atoms with E-state index in [-0.39, 0.29) is 0 Å². The van der Waals surface area contributed by atoms with Gasteiger partial charge in [0.05, 0.1) is 0 Å². The second kappa shape index (κ2) is 21.0. The number of nitrogens with one attached hydrogen (secondary N) is 1. The third kappa shape index (κ3) is 17.5. The van der Waals surface area contributed by atoms with Crippen LogP contribution in [0.4, 0.5) is 0 Å². The first-order valence-electron chi connectivity index (χ1n) is 8.70. The van der Waals surface area contributed by atoms with Crippen LogP contribution in [0.5, 0.6) is 0 Å². The third-order valence-electron chi connectivity index (χ3n) is 2.61. The van der Waals surface area contributed by atoms with Gasteiger partial charge in [-0.25, -0.2) is 15.0 Å². The monoisotopic (exact) mass is 372 g/mol. The van der Waals surface area contributed by atoms with E-state index in [4.69, 9.17) is 10.5 Å². The van der Waals surface area contributed by atoms with Crippen LogP contribution in [0.25, 0.3) is 0 Å². The molecule has 0 amide bonds. The lowest BCUT2D eigenvalue weighted by atomic mass is 10.4. The molecule has 27 heavy (non-hydrogen) atoms. The lowest BCUT2D eigenvalue weighted by Crippen LogP contribution is -2.10. The van der Waals surface area contributed by atoms with Crippen molar-refractivity contribution in [1.29, 1.82) is 0 Å². The van der Waals surface area contributed by atoms with Gasteiger partial charge in [0.2, 0.25) is 0 Å². The number of nitrogens with zero attached hydrogens (tertiary/aromatic N) is 4. The number of aliphatic imine (C=N–C) groups is 4. The summed E-state index contributed by atoms with van der Waals surface area (Å²) in [4.78, 5) is 24.7. The molecule has 3 rings (SSSR count). The van der Waals surface area contributed by atoms with Crippen molar-refractivity contribution in [3.8, 4) is 0 Å². The number of carbonyl (C=O) groups excluding carboxylic acids is 1. The van der Waals surface area contributed by atoms with Crippen molar-refractivity contribution in [2.75, 3.05) is 6.54 Å². The van der Waals surface area contributed by atoms with E-state index in [0.717, 1.165) is 49.6 Å². The Hall–Kier alpha value is -3.09. The highest BCUT2D eigenvalue weighted by molar-refractivity contribution is 5.91. The molecule has 0 saturated heterocycles. The van der Waals surface area contributed by atoms with Gasteiger partial charge in [0.25, 0.3) is 0 Å². The normalized spacial score (nSPS) is 16.5. The van der Waals surface area contributed by atoms with Gasteiger partial charge in [0, 0.05) is 44.4 Å². The van der Waals surface area contributed by atoms with Gasteiger partial charge in [-0.3, -0.25) is 4.99 Å². The molecule has 3 heterocycles. The Morgan fingerprint density at radius 1 is 1.15 bits per heavy atom. The molecule has 0 spiro atoms. The van der Waals surface area contributed by atoms with E-state index in [0.29, 0.717) is 0 Å². The Balaban J connectivity index is 0. The summed E-state index contributed by atoms with van der Waals surface area (Å²) in [6, 6.07) is 0. The largest absolute Gasteiger partial charge is 0.387 e. The smallest absolute Gasteiger partial charge is 0.131 e. The first kappa shape index (κ1) is 26.1. The van der Waals surface area contributed by atoms with Crippen LogP contribution < -0.4 is 11.1 Å². The van der Waals surface area contributed by atoms with Crippen molar-refractivity contribution in [2.24, 2.45) is 25.7 Å². The SMILES string of the molecule is C=C.CC=NC1=NC=CC1.CC=O.CCN=C1CC=CN1.NC1=NC=CC1. The van der Waals surface area contributed by atoms with Gasteiger partial charge in [-0.1, -0.05) is 18.2 Å². The number of nitrogens with two attached hydrogens (primary N) is 1. The summed E-state index contributed by atoms with van der Waals surface area (Å²) in [5, 5.41) is 3.03. The molecule has 0 bridgehead atoms. The molecule has 3 aliphatic heterocycles. The molecule has 0 saturated carbocycles. The lowest BCUT2D eigenvalue weighted by molar-refractivity contribution is -0.106. The van der Waals surface area contributed by atoms with E-state index in [9.17, 15) is 0 Å². The van der Waals surface area contributed by atoms with Gasteiger partial charge in [-0.2, -0.15) is 0 Å². The van der Waals surface area contributed by atoms with Crippen LogP contribution in [0.3, 0.4) is 0 Å². The van der Waals surface area contributed by atoms with E-state index in [1.54, 1.807) is 18.6 Å². The molecule has 0 aliphatic carbocycles. The molecule has 0 radical (unpaired) electrons. The average molecular weight is 373 g/mol. The molecule has 7 heteroatoms. The third-order valence-corrected chi connectivity index (χ3v) is 2.61. The topological polar surface area (TPSA) is 105 Å². The molecular formula is C20H32N6O. The summed E-state index contributed by atoms with van der Waals surface area (Å²) in [7, 11) is 0. The van der Waals surface area contributed by atoms with Gasteiger partial charge < -0.3 is 15.8 Å². The number of hydrogen-bond donors (Lipinski definition) is 2. The number of hydrogen-bond acceptors (Lipinski definition) is 6. The van der Waals surface area contributed by atoms with Gasteiger partial charge in [-0.05, 0) is 27.0 Å². The molecular weight excluding hydrogens is 340 g/mol. The summed E-state index contributed by atoms with van der Waals surface area (Å²) in [6.45, 7) is 12.2. The van der Waals surface area contributed by atoms with E-state index >= 15 is 0 Å². The number of aldehydes is 1. The highest BCUT2D eigenvalue weighted by atomic mass is 16.1. The summed E-state index contributed by atoms with van der Waals surface area (Å²) < 4.78 is 0. The average Bonchev–Trinajstić information content (AvgIpc) is 3.43. The zero-order chi connectivity index (χ0) is 20.8. The lowest BCUT2D eigenvalue weighted by Gasteiger charge is -1.92. The van der Waals surface area contributed by atoms with Gasteiger partial charge in [-0.15, -0.1) is 13.2 Å². The fourth-order valence-electron chi connectivity index (χ4n) is 1.64. The number of carbonyl (C=O) groups is 1. The Kier molecular flexibility index (Phi) is 20.3. The van der Waals surface area contributed by atoms with E-state index in [2.05, 4.69) is 44.5 Å². The van der Waals surface area contributed by atoms with Crippen molar-refractivity contribution < 1.29 is 4.79 Å². The predicted molar refractivity (Wildman–Crippen MR) is 119 cm³/mol. The minimum absolute atomic E-state index is 0.718. The maximum atomic E-state index is 8.81. The molecule has 0 atom stereocenters. The second-order valence-corrected chi connectivity index (χ2v) is 4.64. The van der Waals surface area contributed by atoms with Crippen molar-refractivity contribution in [1.82, 2.24) is 5.32 Å². The highest BCUT2D eigenvalue weighted by Crippen LogP contribution is 1.99. The Morgan fingerprint density at radius 2 is 1.78 bits per heavy atom. The zero-order valence-electron chi connectivity index (χ0n) is 16.6. The molecule has 3 aliphatic rings. The number of amidine groups is 3. The number of rotatable bonds is 1. The molecule has 0 aromatic carbocycles. The van der Waals surface area contributed by atoms with Crippen molar-refractivity contribution in [3.05, 3.63) is 50.0 Å². The Bertz CT molecular complexity index is 588. The molecule has 0 unspecified atom stereocenters. The summed E-state index contributed by atoms with van der Waals surface area (Å²) >= 11 is 0. The zero-order valence-corrected chi connectivity index (χ0v) is 16.6. The van der Waals surface area contributed by atoms with Gasteiger partial charge in [0.1, 0.15) is 23.8 Å².